The lowest BCUT2D eigenvalue weighted by atomic mass is 10.1. The van der Waals surface area contributed by atoms with Crippen LogP contribution in [0, 0.1) is 20.8 Å². The Kier molecular flexibility index (Phi) is 3.97. The van der Waals surface area contributed by atoms with Gasteiger partial charge in [-0.2, -0.15) is 0 Å². The molecule has 1 aliphatic rings. The summed E-state index contributed by atoms with van der Waals surface area (Å²) in [5, 5.41) is 7.49. The van der Waals surface area contributed by atoms with Crippen LogP contribution in [-0.2, 0) is 13.2 Å². The standard InChI is InChI=1S/C17H22N2O2/c1-11-6-12(2)13(3)17(7-11)20-10-16-8-15(19-21-16)9-18-14-4-5-14/h6-8,14,18H,4-5,9-10H2,1-3H3. The van der Waals surface area contributed by atoms with Crippen molar-refractivity contribution in [3.05, 3.63) is 46.3 Å². The van der Waals surface area contributed by atoms with Gasteiger partial charge in [0.15, 0.2) is 5.76 Å². The van der Waals surface area contributed by atoms with Gasteiger partial charge in [0.1, 0.15) is 12.4 Å². The first-order valence-corrected chi connectivity index (χ1v) is 7.50. The van der Waals surface area contributed by atoms with Gasteiger partial charge >= 0.3 is 0 Å². The normalized spacial score (nSPS) is 14.4. The van der Waals surface area contributed by atoms with Crippen LogP contribution in [0.25, 0.3) is 0 Å². The van der Waals surface area contributed by atoms with Gasteiger partial charge in [0.2, 0.25) is 0 Å². The lowest BCUT2D eigenvalue weighted by Crippen LogP contribution is -2.15. The minimum absolute atomic E-state index is 0.417. The first kappa shape index (κ1) is 14.1. The highest BCUT2D eigenvalue weighted by Crippen LogP contribution is 2.24. The molecule has 1 heterocycles. The van der Waals surface area contributed by atoms with Gasteiger partial charge in [-0.15, -0.1) is 0 Å². The van der Waals surface area contributed by atoms with E-state index in [1.165, 1.54) is 29.5 Å². The SMILES string of the molecule is Cc1cc(C)c(C)c(OCc2cc(CNC3CC3)no2)c1. The molecule has 4 nitrogen and oxygen atoms in total. The Morgan fingerprint density at radius 3 is 2.81 bits per heavy atom. The predicted octanol–water partition coefficient (Wildman–Crippen LogP) is 3.43. The van der Waals surface area contributed by atoms with Crippen molar-refractivity contribution in [1.29, 1.82) is 0 Å². The molecule has 0 radical (unpaired) electrons. The van der Waals surface area contributed by atoms with Gasteiger partial charge in [0.05, 0.1) is 5.69 Å². The maximum Gasteiger partial charge on any atom is 0.174 e. The zero-order valence-corrected chi connectivity index (χ0v) is 12.9. The van der Waals surface area contributed by atoms with E-state index in [0.717, 1.165) is 23.7 Å². The first-order valence-electron chi connectivity index (χ1n) is 7.50. The van der Waals surface area contributed by atoms with Crippen LogP contribution in [0.4, 0.5) is 0 Å². The van der Waals surface area contributed by atoms with E-state index in [9.17, 15) is 0 Å². The average molecular weight is 286 g/mol. The molecule has 0 bridgehead atoms. The number of aryl methyl sites for hydroxylation is 2. The number of nitrogens with zero attached hydrogens (tertiary/aromatic N) is 1. The van der Waals surface area contributed by atoms with E-state index < -0.39 is 0 Å². The molecule has 1 aromatic carbocycles. The quantitative estimate of drug-likeness (QED) is 0.883. The summed E-state index contributed by atoms with van der Waals surface area (Å²) in [6.45, 7) is 7.45. The molecule has 0 unspecified atom stereocenters. The fourth-order valence-corrected chi connectivity index (χ4v) is 2.34. The Labute approximate surface area is 125 Å². The van der Waals surface area contributed by atoms with Crippen LogP contribution in [0.3, 0.4) is 0 Å². The second kappa shape index (κ2) is 5.90. The molecule has 1 aliphatic carbocycles. The summed E-state index contributed by atoms with van der Waals surface area (Å²) < 4.78 is 11.2. The lowest BCUT2D eigenvalue weighted by molar-refractivity contribution is 0.247. The minimum Gasteiger partial charge on any atom is -0.485 e. The predicted molar refractivity (Wildman–Crippen MR) is 81.3 cm³/mol. The van der Waals surface area contributed by atoms with E-state index in [2.05, 4.69) is 43.4 Å². The number of nitrogens with one attached hydrogen (secondary N) is 1. The molecule has 4 heteroatoms. The van der Waals surface area contributed by atoms with Crippen molar-refractivity contribution < 1.29 is 9.26 Å². The Bertz CT molecular complexity index is 630. The van der Waals surface area contributed by atoms with Crippen molar-refractivity contribution in [2.45, 2.75) is 52.8 Å². The van der Waals surface area contributed by atoms with Gasteiger partial charge in [-0.1, -0.05) is 11.2 Å². The van der Waals surface area contributed by atoms with Crippen molar-refractivity contribution in [2.75, 3.05) is 0 Å². The largest absolute Gasteiger partial charge is 0.485 e. The molecule has 0 amide bonds. The summed E-state index contributed by atoms with van der Waals surface area (Å²) >= 11 is 0. The Balaban J connectivity index is 1.59. The Hall–Kier alpha value is -1.81. The smallest absolute Gasteiger partial charge is 0.174 e. The summed E-state index contributed by atoms with van der Waals surface area (Å²) in [7, 11) is 0. The van der Waals surface area contributed by atoms with Crippen molar-refractivity contribution in [1.82, 2.24) is 10.5 Å². The fourth-order valence-electron chi connectivity index (χ4n) is 2.34. The van der Waals surface area contributed by atoms with Gasteiger partial charge in [-0.3, -0.25) is 0 Å². The maximum absolute atomic E-state index is 5.88. The van der Waals surface area contributed by atoms with Crippen molar-refractivity contribution in [2.24, 2.45) is 0 Å². The summed E-state index contributed by atoms with van der Waals surface area (Å²) in [6.07, 6.45) is 2.56. The van der Waals surface area contributed by atoms with Crippen molar-refractivity contribution in [3.63, 3.8) is 0 Å². The van der Waals surface area contributed by atoms with Crippen LogP contribution in [0.15, 0.2) is 22.7 Å². The van der Waals surface area contributed by atoms with E-state index in [-0.39, 0.29) is 0 Å². The molecule has 0 atom stereocenters. The molecule has 2 aromatic rings. The van der Waals surface area contributed by atoms with E-state index in [1.807, 2.05) is 6.07 Å². The minimum atomic E-state index is 0.417. The fraction of sp³-hybridized carbons (Fsp3) is 0.471. The van der Waals surface area contributed by atoms with Gasteiger partial charge in [-0.25, -0.2) is 0 Å². The molecule has 0 spiro atoms. The third-order valence-corrected chi connectivity index (χ3v) is 3.89. The Morgan fingerprint density at radius 2 is 2.05 bits per heavy atom. The molecule has 0 aliphatic heterocycles. The second-order valence-corrected chi connectivity index (χ2v) is 5.93. The van der Waals surface area contributed by atoms with Crippen LogP contribution in [0.2, 0.25) is 0 Å². The van der Waals surface area contributed by atoms with E-state index in [0.29, 0.717) is 12.6 Å². The topological polar surface area (TPSA) is 47.3 Å². The van der Waals surface area contributed by atoms with Crippen LogP contribution >= 0.6 is 0 Å². The van der Waals surface area contributed by atoms with Crippen LogP contribution in [0.1, 0.15) is 41.0 Å². The summed E-state index contributed by atoms with van der Waals surface area (Å²) in [4.78, 5) is 0. The summed E-state index contributed by atoms with van der Waals surface area (Å²) in [5.74, 6) is 1.68. The van der Waals surface area contributed by atoms with Crippen molar-refractivity contribution >= 4 is 0 Å². The monoisotopic (exact) mass is 286 g/mol. The average Bonchev–Trinajstić information content (AvgIpc) is 3.17. The maximum atomic E-state index is 5.88. The molecule has 1 aromatic heterocycles. The Morgan fingerprint density at radius 1 is 1.24 bits per heavy atom. The van der Waals surface area contributed by atoms with Gasteiger partial charge in [0.25, 0.3) is 0 Å². The highest BCUT2D eigenvalue weighted by atomic mass is 16.5. The molecular formula is C17H22N2O2. The number of benzene rings is 1. The van der Waals surface area contributed by atoms with Gasteiger partial charge < -0.3 is 14.6 Å². The van der Waals surface area contributed by atoms with Crippen LogP contribution < -0.4 is 10.1 Å². The molecule has 1 saturated carbocycles. The molecular weight excluding hydrogens is 264 g/mol. The number of hydrogen-bond acceptors (Lipinski definition) is 4. The zero-order chi connectivity index (χ0) is 14.8. The number of rotatable bonds is 6. The van der Waals surface area contributed by atoms with E-state index in [4.69, 9.17) is 9.26 Å². The first-order chi connectivity index (χ1) is 10.1. The molecule has 3 rings (SSSR count). The third-order valence-electron chi connectivity index (χ3n) is 3.89. The molecule has 1 N–H and O–H groups in total. The van der Waals surface area contributed by atoms with Gasteiger partial charge in [0, 0.05) is 18.7 Å². The van der Waals surface area contributed by atoms with Crippen LogP contribution in [-0.4, -0.2) is 11.2 Å². The number of ether oxygens (including phenoxy) is 1. The number of aromatic nitrogens is 1. The molecule has 0 saturated heterocycles. The third kappa shape index (κ3) is 3.64. The highest BCUT2D eigenvalue weighted by Gasteiger charge is 2.20. The number of hydrogen-bond donors (Lipinski definition) is 1. The second-order valence-electron chi connectivity index (χ2n) is 5.93. The summed E-state index contributed by atoms with van der Waals surface area (Å²) in [6, 6.07) is 6.87. The highest BCUT2D eigenvalue weighted by molar-refractivity contribution is 5.41. The lowest BCUT2D eigenvalue weighted by Gasteiger charge is -2.11. The van der Waals surface area contributed by atoms with Gasteiger partial charge in [-0.05, 0) is 56.4 Å². The summed E-state index contributed by atoms with van der Waals surface area (Å²) in [5.41, 5.74) is 4.57. The van der Waals surface area contributed by atoms with E-state index >= 15 is 0 Å². The molecule has 1 fully saturated rings. The van der Waals surface area contributed by atoms with E-state index in [1.54, 1.807) is 0 Å². The zero-order valence-electron chi connectivity index (χ0n) is 12.9. The van der Waals surface area contributed by atoms with Crippen LogP contribution in [0.5, 0.6) is 5.75 Å². The molecule has 112 valence electrons. The van der Waals surface area contributed by atoms with Crippen molar-refractivity contribution in [3.8, 4) is 5.75 Å². The molecule has 21 heavy (non-hydrogen) atoms.